The SMILES string of the molecule is CNC(=O)c1nnc(Cl)cc1Nc1cc(CCOCc2cccc(OC(N)=O)n2)cc(-c2ncccn2)c1OC. The van der Waals surface area contributed by atoms with Crippen molar-refractivity contribution in [3.05, 3.63) is 77.0 Å². The summed E-state index contributed by atoms with van der Waals surface area (Å²) in [5.41, 5.74) is 8.00. The number of aromatic nitrogens is 5. The number of nitrogens with one attached hydrogen (secondary N) is 2. The molecule has 14 heteroatoms. The average molecular weight is 565 g/mol. The number of pyridine rings is 1. The second-order valence-electron chi connectivity index (χ2n) is 8.12. The van der Waals surface area contributed by atoms with E-state index in [0.29, 0.717) is 47.2 Å². The topological polar surface area (TPSA) is 176 Å². The monoisotopic (exact) mass is 564 g/mol. The highest BCUT2D eigenvalue weighted by atomic mass is 35.5. The lowest BCUT2D eigenvalue weighted by molar-refractivity contribution is 0.0958. The van der Waals surface area contributed by atoms with Gasteiger partial charge in [-0.1, -0.05) is 17.7 Å². The molecule has 0 aliphatic rings. The fraction of sp³-hybridized carbons (Fsp3) is 0.192. The van der Waals surface area contributed by atoms with E-state index in [-0.39, 0.29) is 23.3 Å². The van der Waals surface area contributed by atoms with Crippen LogP contribution in [0.2, 0.25) is 5.15 Å². The molecular weight excluding hydrogens is 540 g/mol. The minimum absolute atomic E-state index is 0.0512. The predicted molar refractivity (Wildman–Crippen MR) is 146 cm³/mol. The first-order chi connectivity index (χ1) is 19.4. The van der Waals surface area contributed by atoms with Gasteiger partial charge in [0.05, 0.1) is 43.0 Å². The predicted octanol–water partition coefficient (Wildman–Crippen LogP) is 3.31. The van der Waals surface area contributed by atoms with Gasteiger partial charge in [0.2, 0.25) is 5.88 Å². The van der Waals surface area contributed by atoms with Crippen molar-refractivity contribution in [3.63, 3.8) is 0 Å². The minimum atomic E-state index is -0.944. The molecule has 0 radical (unpaired) electrons. The van der Waals surface area contributed by atoms with Gasteiger partial charge in [-0.05, 0) is 36.2 Å². The molecule has 1 aromatic carbocycles. The lowest BCUT2D eigenvalue weighted by Gasteiger charge is -2.18. The van der Waals surface area contributed by atoms with Crippen LogP contribution < -0.4 is 25.8 Å². The molecule has 0 spiro atoms. The second kappa shape index (κ2) is 13.3. The first kappa shape index (κ1) is 28.1. The minimum Gasteiger partial charge on any atom is -0.494 e. The molecule has 4 rings (SSSR count). The van der Waals surface area contributed by atoms with E-state index in [1.54, 1.807) is 30.6 Å². The fourth-order valence-corrected chi connectivity index (χ4v) is 3.86. The van der Waals surface area contributed by atoms with Crippen molar-refractivity contribution in [2.75, 3.05) is 26.1 Å². The highest BCUT2D eigenvalue weighted by molar-refractivity contribution is 6.29. The average Bonchev–Trinajstić information content (AvgIpc) is 2.95. The Morgan fingerprint density at radius 3 is 2.58 bits per heavy atom. The van der Waals surface area contributed by atoms with Gasteiger partial charge in [-0.25, -0.2) is 19.7 Å². The van der Waals surface area contributed by atoms with E-state index in [0.717, 1.165) is 5.56 Å². The number of carbonyl (C=O) groups is 2. The Kier molecular flexibility index (Phi) is 9.33. The number of hydrogen-bond donors (Lipinski definition) is 3. The van der Waals surface area contributed by atoms with Crippen molar-refractivity contribution in [2.24, 2.45) is 5.73 Å². The molecule has 4 N–H and O–H groups in total. The highest BCUT2D eigenvalue weighted by Crippen LogP contribution is 2.38. The molecule has 0 bridgehead atoms. The van der Waals surface area contributed by atoms with Crippen LogP contribution in [0.15, 0.2) is 54.9 Å². The Balaban J connectivity index is 1.61. The van der Waals surface area contributed by atoms with Crippen molar-refractivity contribution in [1.82, 2.24) is 30.5 Å². The lowest BCUT2D eigenvalue weighted by atomic mass is 10.0. The van der Waals surface area contributed by atoms with Gasteiger partial charge in [-0.2, -0.15) is 0 Å². The molecule has 0 aliphatic carbocycles. The van der Waals surface area contributed by atoms with Crippen molar-refractivity contribution < 1.29 is 23.8 Å². The molecule has 0 unspecified atom stereocenters. The number of halogens is 1. The molecule has 0 saturated carbocycles. The summed E-state index contributed by atoms with van der Waals surface area (Å²) < 4.78 is 16.4. The number of nitrogens with two attached hydrogens (primary N) is 1. The molecular formula is C26H25ClN8O5. The number of rotatable bonds is 11. The third-order valence-corrected chi connectivity index (χ3v) is 5.59. The Morgan fingerprint density at radius 1 is 1.05 bits per heavy atom. The van der Waals surface area contributed by atoms with E-state index in [1.807, 2.05) is 12.1 Å². The summed E-state index contributed by atoms with van der Waals surface area (Å²) in [6.07, 6.45) is 2.81. The van der Waals surface area contributed by atoms with Crippen LogP contribution in [0, 0.1) is 0 Å². The summed E-state index contributed by atoms with van der Waals surface area (Å²) in [5.74, 6) is 0.537. The lowest BCUT2D eigenvalue weighted by Crippen LogP contribution is -2.21. The van der Waals surface area contributed by atoms with E-state index in [4.69, 9.17) is 31.5 Å². The van der Waals surface area contributed by atoms with Crippen molar-refractivity contribution in [1.29, 1.82) is 0 Å². The Labute approximate surface area is 234 Å². The van der Waals surface area contributed by atoms with Crippen molar-refractivity contribution in [2.45, 2.75) is 13.0 Å². The molecule has 3 heterocycles. The van der Waals surface area contributed by atoms with E-state index in [2.05, 4.69) is 35.8 Å². The third kappa shape index (κ3) is 7.15. The van der Waals surface area contributed by atoms with Crippen LogP contribution in [0.1, 0.15) is 21.7 Å². The summed E-state index contributed by atoms with van der Waals surface area (Å²) in [6, 6.07) is 11.9. The Bertz CT molecular complexity index is 1510. The zero-order valence-corrected chi connectivity index (χ0v) is 22.3. The largest absolute Gasteiger partial charge is 0.494 e. The third-order valence-electron chi connectivity index (χ3n) is 5.41. The van der Waals surface area contributed by atoms with Gasteiger partial charge in [-0.3, -0.25) is 4.79 Å². The maximum absolute atomic E-state index is 12.4. The number of hydrogen-bond acceptors (Lipinski definition) is 11. The zero-order valence-electron chi connectivity index (χ0n) is 21.6. The van der Waals surface area contributed by atoms with Gasteiger partial charge < -0.3 is 30.6 Å². The van der Waals surface area contributed by atoms with Crippen molar-refractivity contribution in [3.8, 4) is 23.0 Å². The van der Waals surface area contributed by atoms with Crippen LogP contribution in [-0.2, 0) is 17.8 Å². The summed E-state index contributed by atoms with van der Waals surface area (Å²) in [4.78, 5) is 36.3. The number of anilines is 2. The first-order valence-electron chi connectivity index (χ1n) is 11.9. The summed E-state index contributed by atoms with van der Waals surface area (Å²) in [5, 5.41) is 13.6. The van der Waals surface area contributed by atoms with Gasteiger partial charge in [-0.15, -0.1) is 10.2 Å². The molecule has 40 heavy (non-hydrogen) atoms. The number of ether oxygens (including phenoxy) is 3. The number of methoxy groups -OCH3 is 1. The number of nitrogens with zero attached hydrogens (tertiary/aromatic N) is 5. The summed E-state index contributed by atoms with van der Waals surface area (Å²) in [6.45, 7) is 0.512. The maximum atomic E-state index is 12.4. The maximum Gasteiger partial charge on any atom is 0.411 e. The highest BCUT2D eigenvalue weighted by Gasteiger charge is 2.19. The first-order valence-corrected chi connectivity index (χ1v) is 12.3. The van der Waals surface area contributed by atoms with Gasteiger partial charge in [0.25, 0.3) is 5.91 Å². The molecule has 0 atom stereocenters. The molecule has 0 saturated heterocycles. The van der Waals surface area contributed by atoms with Crippen LogP contribution in [0.5, 0.6) is 11.6 Å². The van der Waals surface area contributed by atoms with Gasteiger partial charge in [0.15, 0.2) is 22.4 Å². The number of primary amides is 1. The van der Waals surface area contributed by atoms with E-state index < -0.39 is 12.0 Å². The van der Waals surface area contributed by atoms with Crippen LogP contribution in [0.4, 0.5) is 16.2 Å². The molecule has 2 amide bonds. The Hall–Kier alpha value is -4.88. The van der Waals surface area contributed by atoms with Gasteiger partial charge in [0, 0.05) is 31.6 Å². The van der Waals surface area contributed by atoms with Crippen LogP contribution in [0.3, 0.4) is 0 Å². The van der Waals surface area contributed by atoms with Gasteiger partial charge >= 0.3 is 6.09 Å². The van der Waals surface area contributed by atoms with Crippen LogP contribution >= 0.6 is 11.6 Å². The standard InChI is InChI=1S/C26H25ClN8O5/c1-29-25(36)22-18(13-20(27)34-35-22)33-19-12-15(11-17(23(19)38-2)24-30-8-4-9-31-24)7-10-39-14-16-5-3-6-21(32-16)40-26(28)37/h3-6,8-9,11-13H,7,10,14H2,1-2H3,(H2,28,37)(H,29,36)(H,33,34). The molecule has 4 aromatic rings. The molecule has 206 valence electrons. The molecule has 13 nitrogen and oxygen atoms in total. The zero-order chi connectivity index (χ0) is 28.5. The molecule has 3 aromatic heterocycles. The van der Waals surface area contributed by atoms with Crippen LogP contribution in [-0.4, -0.2) is 57.9 Å². The molecule has 0 fully saturated rings. The quantitative estimate of drug-likeness (QED) is 0.228. The summed E-state index contributed by atoms with van der Waals surface area (Å²) in [7, 11) is 3.02. The fourth-order valence-electron chi connectivity index (χ4n) is 3.71. The number of carbonyl (C=O) groups excluding carboxylic acids is 2. The van der Waals surface area contributed by atoms with E-state index >= 15 is 0 Å². The van der Waals surface area contributed by atoms with E-state index in [9.17, 15) is 9.59 Å². The van der Waals surface area contributed by atoms with E-state index in [1.165, 1.54) is 26.3 Å². The number of amides is 2. The van der Waals surface area contributed by atoms with Crippen LogP contribution in [0.25, 0.3) is 11.4 Å². The normalized spacial score (nSPS) is 10.6. The Morgan fingerprint density at radius 2 is 1.85 bits per heavy atom. The number of benzene rings is 1. The van der Waals surface area contributed by atoms with Crippen molar-refractivity contribution >= 4 is 35.0 Å². The molecule has 0 aliphatic heterocycles. The second-order valence-corrected chi connectivity index (χ2v) is 8.51. The van der Waals surface area contributed by atoms with Gasteiger partial charge in [0.1, 0.15) is 0 Å². The smallest absolute Gasteiger partial charge is 0.411 e. The summed E-state index contributed by atoms with van der Waals surface area (Å²) >= 11 is 6.08.